The number of piperidine rings is 1. The second-order valence-electron chi connectivity index (χ2n) is 5.79. The molecule has 0 amide bonds. The molecule has 0 aromatic carbocycles. The Labute approximate surface area is 124 Å². The van der Waals surface area contributed by atoms with Gasteiger partial charge in [0.05, 0.1) is 5.25 Å². The first kappa shape index (κ1) is 17.9. The van der Waals surface area contributed by atoms with E-state index in [1.165, 1.54) is 0 Å². The van der Waals surface area contributed by atoms with Crippen molar-refractivity contribution in [3.8, 4) is 0 Å². The summed E-state index contributed by atoms with van der Waals surface area (Å²) in [6, 6.07) is 0.113. The molecule has 20 heavy (non-hydrogen) atoms. The number of hydrogen-bond donors (Lipinski definition) is 2. The second-order valence-corrected chi connectivity index (χ2v) is 7.92. The zero-order valence-corrected chi connectivity index (χ0v) is 14.0. The van der Waals surface area contributed by atoms with Crippen LogP contribution in [0.4, 0.5) is 0 Å². The zero-order chi connectivity index (χ0) is 15.0. The Hall–Kier alpha value is -0.170. The smallest absolute Gasteiger partial charge is 0.215 e. The maximum absolute atomic E-state index is 12.2. The van der Waals surface area contributed by atoms with Crippen LogP contribution in [0.1, 0.15) is 46.5 Å². The predicted molar refractivity (Wildman–Crippen MR) is 84.4 cm³/mol. The molecule has 1 atom stereocenters. The predicted octanol–water partition coefficient (Wildman–Crippen LogP) is 1.17. The highest BCUT2D eigenvalue weighted by atomic mass is 32.2. The molecule has 1 aliphatic heterocycles. The molecule has 6 heteroatoms. The van der Waals surface area contributed by atoms with Gasteiger partial charge in [-0.15, -0.1) is 0 Å². The summed E-state index contributed by atoms with van der Waals surface area (Å²) in [7, 11) is -3.20. The molecule has 1 heterocycles. The molecule has 1 unspecified atom stereocenters. The van der Waals surface area contributed by atoms with Crippen LogP contribution in [0.2, 0.25) is 0 Å². The van der Waals surface area contributed by atoms with Crippen LogP contribution in [0.25, 0.3) is 0 Å². The SMILES string of the molecule is CCCNCC(C)S(=O)(=O)NC1CCN(CCC)CC1. The molecule has 0 radical (unpaired) electrons. The summed E-state index contributed by atoms with van der Waals surface area (Å²) >= 11 is 0. The van der Waals surface area contributed by atoms with Gasteiger partial charge in [0.1, 0.15) is 0 Å². The number of nitrogens with zero attached hydrogens (tertiary/aromatic N) is 1. The highest BCUT2D eigenvalue weighted by Crippen LogP contribution is 2.12. The van der Waals surface area contributed by atoms with Gasteiger partial charge in [0, 0.05) is 12.6 Å². The second kappa shape index (κ2) is 8.97. The normalized spacial score (nSPS) is 20.1. The average molecular weight is 305 g/mol. The molecule has 120 valence electrons. The van der Waals surface area contributed by atoms with Crippen molar-refractivity contribution in [2.45, 2.75) is 57.7 Å². The monoisotopic (exact) mass is 305 g/mol. The largest absolute Gasteiger partial charge is 0.315 e. The Morgan fingerprint density at radius 2 is 1.85 bits per heavy atom. The van der Waals surface area contributed by atoms with Gasteiger partial charge in [-0.3, -0.25) is 0 Å². The number of likely N-dealkylation sites (tertiary alicyclic amines) is 1. The van der Waals surface area contributed by atoms with E-state index in [1.807, 2.05) is 0 Å². The molecule has 1 aliphatic rings. The van der Waals surface area contributed by atoms with E-state index < -0.39 is 10.0 Å². The molecule has 0 aliphatic carbocycles. The molecule has 0 saturated carbocycles. The average Bonchev–Trinajstić information content (AvgIpc) is 2.41. The van der Waals surface area contributed by atoms with Crippen molar-refractivity contribution in [2.75, 3.05) is 32.7 Å². The van der Waals surface area contributed by atoms with Gasteiger partial charge >= 0.3 is 0 Å². The number of nitrogens with one attached hydrogen (secondary N) is 2. The van der Waals surface area contributed by atoms with Gasteiger partial charge in [-0.2, -0.15) is 0 Å². The van der Waals surface area contributed by atoms with Crippen LogP contribution < -0.4 is 10.0 Å². The van der Waals surface area contributed by atoms with Crippen LogP contribution in [0, 0.1) is 0 Å². The Balaban J connectivity index is 2.35. The molecule has 5 nitrogen and oxygen atoms in total. The van der Waals surface area contributed by atoms with E-state index in [0.717, 1.165) is 51.9 Å². The van der Waals surface area contributed by atoms with Crippen LogP contribution in [-0.2, 0) is 10.0 Å². The van der Waals surface area contributed by atoms with Gasteiger partial charge in [0.2, 0.25) is 10.0 Å². The van der Waals surface area contributed by atoms with Crippen molar-refractivity contribution in [1.82, 2.24) is 14.9 Å². The molecule has 1 saturated heterocycles. The summed E-state index contributed by atoms with van der Waals surface area (Å²) in [6.45, 7) is 10.6. The lowest BCUT2D eigenvalue weighted by Gasteiger charge is -2.32. The summed E-state index contributed by atoms with van der Waals surface area (Å²) < 4.78 is 27.4. The van der Waals surface area contributed by atoms with Crippen molar-refractivity contribution < 1.29 is 8.42 Å². The van der Waals surface area contributed by atoms with Crippen LogP contribution in [0.5, 0.6) is 0 Å². The van der Waals surface area contributed by atoms with Crippen LogP contribution in [0.3, 0.4) is 0 Å². The summed E-state index contributed by atoms with van der Waals surface area (Å²) in [5, 5.41) is 2.80. The zero-order valence-electron chi connectivity index (χ0n) is 13.2. The third-order valence-corrected chi connectivity index (χ3v) is 5.73. The molecule has 1 fully saturated rings. The fourth-order valence-electron chi connectivity index (χ4n) is 2.53. The van der Waals surface area contributed by atoms with Gasteiger partial charge < -0.3 is 10.2 Å². The quantitative estimate of drug-likeness (QED) is 0.628. The van der Waals surface area contributed by atoms with Crippen molar-refractivity contribution in [3.63, 3.8) is 0 Å². The van der Waals surface area contributed by atoms with Gasteiger partial charge in [0.15, 0.2) is 0 Å². The maximum atomic E-state index is 12.2. The first-order valence-corrected chi connectivity index (χ1v) is 9.48. The Morgan fingerprint density at radius 3 is 2.40 bits per heavy atom. The number of hydrogen-bond acceptors (Lipinski definition) is 4. The first-order valence-electron chi connectivity index (χ1n) is 7.93. The highest BCUT2D eigenvalue weighted by molar-refractivity contribution is 7.90. The molecule has 1 rings (SSSR count). The molecular weight excluding hydrogens is 274 g/mol. The molecule has 2 N–H and O–H groups in total. The van der Waals surface area contributed by atoms with Gasteiger partial charge in [-0.05, 0) is 58.8 Å². The van der Waals surface area contributed by atoms with Crippen LogP contribution in [-0.4, -0.2) is 57.3 Å². The number of sulfonamides is 1. The standard InChI is InChI=1S/C14H31N3O2S/c1-4-8-15-12-13(3)20(18,19)16-14-6-10-17(9-5-2)11-7-14/h13-16H,4-12H2,1-3H3. The fourth-order valence-corrected chi connectivity index (χ4v) is 3.80. The van der Waals surface area contributed by atoms with Crippen LogP contribution >= 0.6 is 0 Å². The van der Waals surface area contributed by atoms with E-state index in [0.29, 0.717) is 6.54 Å². The third-order valence-electron chi connectivity index (χ3n) is 3.85. The van der Waals surface area contributed by atoms with Crippen molar-refractivity contribution in [2.24, 2.45) is 0 Å². The topological polar surface area (TPSA) is 61.4 Å². The minimum Gasteiger partial charge on any atom is -0.315 e. The molecule has 0 aromatic heterocycles. The van der Waals surface area contributed by atoms with Gasteiger partial charge in [-0.1, -0.05) is 13.8 Å². The third kappa shape index (κ3) is 6.08. The summed E-state index contributed by atoms with van der Waals surface area (Å²) in [5.41, 5.74) is 0. The molecule has 0 aromatic rings. The van der Waals surface area contributed by atoms with E-state index >= 15 is 0 Å². The van der Waals surface area contributed by atoms with Gasteiger partial charge in [0.25, 0.3) is 0 Å². The fraction of sp³-hybridized carbons (Fsp3) is 1.00. The van der Waals surface area contributed by atoms with Crippen molar-refractivity contribution in [3.05, 3.63) is 0 Å². The molecule has 0 bridgehead atoms. The lowest BCUT2D eigenvalue weighted by atomic mass is 10.1. The van der Waals surface area contributed by atoms with Crippen molar-refractivity contribution in [1.29, 1.82) is 0 Å². The van der Waals surface area contributed by atoms with Crippen LogP contribution in [0.15, 0.2) is 0 Å². The van der Waals surface area contributed by atoms with E-state index in [9.17, 15) is 8.42 Å². The van der Waals surface area contributed by atoms with Gasteiger partial charge in [-0.25, -0.2) is 13.1 Å². The number of rotatable bonds is 9. The molecule has 0 spiro atoms. The summed E-state index contributed by atoms with van der Waals surface area (Å²) in [5.74, 6) is 0. The van der Waals surface area contributed by atoms with E-state index in [4.69, 9.17) is 0 Å². The molecular formula is C14H31N3O2S. The highest BCUT2D eigenvalue weighted by Gasteiger charge is 2.26. The van der Waals surface area contributed by atoms with E-state index in [1.54, 1.807) is 6.92 Å². The minimum absolute atomic E-state index is 0.113. The Morgan fingerprint density at radius 1 is 1.20 bits per heavy atom. The first-order chi connectivity index (χ1) is 9.49. The van der Waals surface area contributed by atoms with Crippen molar-refractivity contribution >= 4 is 10.0 Å². The summed E-state index contributed by atoms with van der Waals surface area (Å²) in [6.07, 6.45) is 4.04. The summed E-state index contributed by atoms with van der Waals surface area (Å²) in [4.78, 5) is 2.41. The Kier molecular flexibility index (Phi) is 8.02. The van der Waals surface area contributed by atoms with E-state index in [-0.39, 0.29) is 11.3 Å². The lowest BCUT2D eigenvalue weighted by Crippen LogP contribution is -2.48. The lowest BCUT2D eigenvalue weighted by molar-refractivity contribution is 0.207. The minimum atomic E-state index is -3.20. The maximum Gasteiger partial charge on any atom is 0.215 e. The van der Waals surface area contributed by atoms with E-state index in [2.05, 4.69) is 28.8 Å². The Bertz CT molecular complexity index is 351.